The van der Waals surface area contributed by atoms with Crippen LogP contribution in [0.5, 0.6) is 17.2 Å². The fourth-order valence-corrected chi connectivity index (χ4v) is 3.16. The summed E-state index contributed by atoms with van der Waals surface area (Å²) in [6, 6.07) is 9.72. The van der Waals surface area contributed by atoms with Crippen LogP contribution in [0.4, 0.5) is 38.1 Å². The molecular weight excluding hydrogens is 489 g/mol. The number of alkyl halides is 5. The first-order valence-electron chi connectivity index (χ1n) is 10.4. The minimum absolute atomic E-state index is 0.203. The van der Waals surface area contributed by atoms with Crippen LogP contribution in [0.15, 0.2) is 60.9 Å². The van der Waals surface area contributed by atoms with Gasteiger partial charge >= 0.3 is 12.2 Å². The molecule has 0 fully saturated rings. The summed E-state index contributed by atoms with van der Waals surface area (Å²) in [7, 11) is 0. The SMILES string of the molecule is O=C(Nc1ccc(Oc2ccnc3[nH]ncc23)cc1)Nc1ccc(OC(CF)CF)c(C(F)(F)F)c1. The van der Waals surface area contributed by atoms with Crippen molar-refractivity contribution in [3.05, 3.63) is 66.5 Å². The van der Waals surface area contributed by atoms with E-state index in [0.29, 0.717) is 34.3 Å². The molecular formula is C23H18F5N5O3. The Morgan fingerprint density at radius 1 is 0.972 bits per heavy atom. The third-order valence-electron chi connectivity index (χ3n) is 4.83. The largest absolute Gasteiger partial charge is 0.484 e. The van der Waals surface area contributed by atoms with E-state index in [-0.39, 0.29) is 5.69 Å². The van der Waals surface area contributed by atoms with Gasteiger partial charge in [-0.05, 0) is 48.5 Å². The number of anilines is 2. The molecule has 2 heterocycles. The van der Waals surface area contributed by atoms with Crippen molar-refractivity contribution in [1.82, 2.24) is 15.2 Å². The standard InChI is InChI=1S/C23H18F5N5O3/c24-10-16(11-25)36-20-6-3-14(9-18(20)23(26,27)28)32-22(34)31-13-1-4-15(5-2-13)35-19-7-8-29-21-17(19)12-30-33-21/h1-9,12,16H,10-11H2,(H,29,30,33)(H2,31,32,34). The summed E-state index contributed by atoms with van der Waals surface area (Å²) in [6.45, 7) is -2.59. The van der Waals surface area contributed by atoms with E-state index in [4.69, 9.17) is 9.47 Å². The number of rotatable bonds is 8. The van der Waals surface area contributed by atoms with Crippen LogP contribution in [0.1, 0.15) is 5.56 Å². The summed E-state index contributed by atoms with van der Waals surface area (Å²) in [5.74, 6) is 0.232. The molecule has 0 atom stereocenters. The van der Waals surface area contributed by atoms with Gasteiger partial charge < -0.3 is 20.1 Å². The quantitative estimate of drug-likeness (QED) is 0.250. The van der Waals surface area contributed by atoms with Gasteiger partial charge in [0, 0.05) is 17.6 Å². The number of halogens is 5. The normalized spacial score (nSPS) is 11.5. The highest BCUT2D eigenvalue weighted by molar-refractivity contribution is 5.99. The van der Waals surface area contributed by atoms with Crippen molar-refractivity contribution in [2.24, 2.45) is 0 Å². The van der Waals surface area contributed by atoms with Crippen molar-refractivity contribution in [3.8, 4) is 17.2 Å². The number of pyridine rings is 1. The second-order valence-electron chi connectivity index (χ2n) is 7.40. The molecule has 13 heteroatoms. The topological polar surface area (TPSA) is 101 Å². The third kappa shape index (κ3) is 5.79. The zero-order valence-corrected chi connectivity index (χ0v) is 18.3. The van der Waals surface area contributed by atoms with Crippen LogP contribution in [-0.2, 0) is 6.18 Å². The maximum absolute atomic E-state index is 13.4. The lowest BCUT2D eigenvalue weighted by atomic mass is 10.1. The van der Waals surface area contributed by atoms with Crippen LogP contribution < -0.4 is 20.1 Å². The lowest BCUT2D eigenvalue weighted by molar-refractivity contribution is -0.139. The second-order valence-corrected chi connectivity index (χ2v) is 7.40. The van der Waals surface area contributed by atoms with Crippen molar-refractivity contribution in [1.29, 1.82) is 0 Å². The molecule has 3 N–H and O–H groups in total. The fraction of sp³-hybridized carbons (Fsp3) is 0.174. The highest BCUT2D eigenvalue weighted by Crippen LogP contribution is 2.38. The molecule has 0 bridgehead atoms. The third-order valence-corrected chi connectivity index (χ3v) is 4.83. The van der Waals surface area contributed by atoms with Gasteiger partial charge in [0.05, 0.1) is 17.1 Å². The number of carbonyl (C=O) groups excluding carboxylic acids is 1. The van der Waals surface area contributed by atoms with Gasteiger partial charge in [-0.25, -0.2) is 18.6 Å². The first-order chi connectivity index (χ1) is 17.3. The van der Waals surface area contributed by atoms with E-state index >= 15 is 0 Å². The Morgan fingerprint density at radius 2 is 1.67 bits per heavy atom. The molecule has 0 aliphatic carbocycles. The molecule has 0 unspecified atom stereocenters. The highest BCUT2D eigenvalue weighted by Gasteiger charge is 2.35. The first kappa shape index (κ1) is 24.7. The number of aromatic amines is 1. The Balaban J connectivity index is 1.41. The van der Waals surface area contributed by atoms with Crippen molar-refractivity contribution in [2.75, 3.05) is 24.0 Å². The fourth-order valence-electron chi connectivity index (χ4n) is 3.16. The Hall–Kier alpha value is -4.42. The Labute approximate surface area is 200 Å². The number of benzene rings is 2. The smallest absolute Gasteiger partial charge is 0.420 e. The average Bonchev–Trinajstić information content (AvgIpc) is 3.34. The van der Waals surface area contributed by atoms with E-state index in [9.17, 15) is 26.7 Å². The minimum atomic E-state index is -4.88. The van der Waals surface area contributed by atoms with Gasteiger partial charge in [-0.1, -0.05) is 0 Å². The number of nitrogens with zero attached hydrogens (tertiary/aromatic N) is 2. The molecule has 2 amide bonds. The maximum atomic E-state index is 13.4. The summed E-state index contributed by atoms with van der Waals surface area (Å²) in [4.78, 5) is 16.4. The lowest BCUT2D eigenvalue weighted by Gasteiger charge is -2.19. The molecule has 4 aromatic rings. The number of nitrogens with one attached hydrogen (secondary N) is 3. The van der Waals surface area contributed by atoms with Crippen LogP contribution in [0.25, 0.3) is 11.0 Å². The number of urea groups is 1. The van der Waals surface area contributed by atoms with Gasteiger partial charge in [0.1, 0.15) is 30.6 Å². The van der Waals surface area contributed by atoms with E-state index in [1.807, 2.05) is 0 Å². The summed E-state index contributed by atoms with van der Waals surface area (Å²) >= 11 is 0. The summed E-state index contributed by atoms with van der Waals surface area (Å²) in [5.41, 5.74) is -0.587. The second kappa shape index (κ2) is 10.5. The molecule has 36 heavy (non-hydrogen) atoms. The molecule has 4 rings (SSSR count). The number of fused-ring (bicyclic) bond motifs is 1. The zero-order valence-electron chi connectivity index (χ0n) is 18.3. The van der Waals surface area contributed by atoms with Crippen molar-refractivity contribution in [2.45, 2.75) is 12.3 Å². The van der Waals surface area contributed by atoms with Crippen LogP contribution in [0.2, 0.25) is 0 Å². The van der Waals surface area contributed by atoms with Gasteiger partial charge in [-0.15, -0.1) is 0 Å². The van der Waals surface area contributed by atoms with E-state index in [2.05, 4.69) is 25.8 Å². The molecule has 0 radical (unpaired) electrons. The number of H-pyrrole nitrogens is 1. The lowest BCUT2D eigenvalue weighted by Crippen LogP contribution is -2.23. The molecule has 0 saturated heterocycles. The molecule has 0 spiro atoms. The van der Waals surface area contributed by atoms with Crippen molar-refractivity contribution in [3.63, 3.8) is 0 Å². The summed E-state index contributed by atoms with van der Waals surface area (Å²) < 4.78 is 76.2. The van der Waals surface area contributed by atoms with Gasteiger partial charge in [-0.2, -0.15) is 18.3 Å². The number of aromatic nitrogens is 3. The van der Waals surface area contributed by atoms with E-state index in [1.165, 1.54) is 12.1 Å². The number of amides is 2. The Kier molecular flexibility index (Phi) is 7.17. The number of carbonyl (C=O) groups is 1. The number of hydrogen-bond acceptors (Lipinski definition) is 5. The van der Waals surface area contributed by atoms with Crippen LogP contribution in [0.3, 0.4) is 0 Å². The summed E-state index contributed by atoms with van der Waals surface area (Å²) in [6.07, 6.45) is -3.42. The van der Waals surface area contributed by atoms with Gasteiger partial charge in [0.25, 0.3) is 0 Å². The van der Waals surface area contributed by atoms with Gasteiger partial charge in [-0.3, -0.25) is 5.10 Å². The Bertz CT molecular complexity index is 1340. The van der Waals surface area contributed by atoms with E-state index in [1.54, 1.807) is 30.6 Å². The molecule has 0 saturated carbocycles. The minimum Gasteiger partial charge on any atom is -0.484 e. The molecule has 188 valence electrons. The first-order valence-corrected chi connectivity index (χ1v) is 10.4. The molecule has 2 aromatic heterocycles. The van der Waals surface area contributed by atoms with Crippen LogP contribution >= 0.6 is 0 Å². The number of hydrogen-bond donors (Lipinski definition) is 3. The zero-order chi connectivity index (χ0) is 25.7. The Morgan fingerprint density at radius 3 is 2.36 bits per heavy atom. The predicted molar refractivity (Wildman–Crippen MR) is 121 cm³/mol. The van der Waals surface area contributed by atoms with Gasteiger partial charge in [0.15, 0.2) is 11.8 Å². The van der Waals surface area contributed by atoms with E-state index < -0.39 is 43.0 Å². The molecule has 2 aromatic carbocycles. The summed E-state index contributed by atoms with van der Waals surface area (Å²) in [5, 5.41) is 12.1. The maximum Gasteiger partial charge on any atom is 0.420 e. The van der Waals surface area contributed by atoms with Crippen molar-refractivity contribution >= 4 is 28.4 Å². The van der Waals surface area contributed by atoms with Crippen LogP contribution in [0, 0.1) is 0 Å². The van der Waals surface area contributed by atoms with Gasteiger partial charge in [0.2, 0.25) is 0 Å². The van der Waals surface area contributed by atoms with Crippen LogP contribution in [-0.4, -0.2) is 40.7 Å². The highest BCUT2D eigenvalue weighted by atomic mass is 19.4. The van der Waals surface area contributed by atoms with E-state index in [0.717, 1.165) is 12.1 Å². The number of ether oxygens (including phenoxy) is 2. The molecule has 0 aliphatic rings. The molecule has 0 aliphatic heterocycles. The molecule has 8 nitrogen and oxygen atoms in total. The van der Waals surface area contributed by atoms with Crippen molar-refractivity contribution < 1.29 is 36.2 Å². The average molecular weight is 507 g/mol. The monoisotopic (exact) mass is 507 g/mol. The predicted octanol–water partition coefficient (Wildman–Crippen LogP) is 6.10.